The number of carbonyl (C=O) groups excluding carboxylic acids is 1. The maximum absolute atomic E-state index is 12.6. The predicted octanol–water partition coefficient (Wildman–Crippen LogP) is 3.89. The third-order valence-corrected chi connectivity index (χ3v) is 5.20. The van der Waals surface area contributed by atoms with Crippen LogP contribution in [0.25, 0.3) is 10.8 Å². The number of hydrogen-bond donors (Lipinski definition) is 1. The van der Waals surface area contributed by atoms with Gasteiger partial charge in [0.25, 0.3) is 0 Å². The zero-order chi connectivity index (χ0) is 14.9. The van der Waals surface area contributed by atoms with E-state index in [0.29, 0.717) is 0 Å². The van der Waals surface area contributed by atoms with Gasteiger partial charge in [-0.1, -0.05) is 30.3 Å². The minimum absolute atomic E-state index is 0.0607. The Kier molecular flexibility index (Phi) is 3.31. The summed E-state index contributed by atoms with van der Waals surface area (Å²) < 4.78 is 0. The number of hydrogen-bond acceptors (Lipinski definition) is 3. The minimum atomic E-state index is -0.0607. The lowest BCUT2D eigenvalue weighted by atomic mass is 10.1. The van der Waals surface area contributed by atoms with E-state index in [1.54, 1.807) is 18.0 Å². The van der Waals surface area contributed by atoms with Gasteiger partial charge in [0.2, 0.25) is 5.91 Å². The highest BCUT2D eigenvalue weighted by molar-refractivity contribution is 8.01. The molecule has 0 unspecified atom stereocenters. The first kappa shape index (κ1) is 13.3. The summed E-state index contributed by atoms with van der Waals surface area (Å²) in [6.07, 6.45) is 4.35. The van der Waals surface area contributed by atoms with Gasteiger partial charge in [0, 0.05) is 33.7 Å². The summed E-state index contributed by atoms with van der Waals surface area (Å²) in [5, 5.41) is 5.06. The summed E-state index contributed by atoms with van der Waals surface area (Å²) in [7, 11) is 0. The fourth-order valence-electron chi connectivity index (χ4n) is 2.77. The Morgan fingerprint density at radius 3 is 2.95 bits per heavy atom. The number of rotatable bonds is 2. The van der Waals surface area contributed by atoms with Crippen molar-refractivity contribution in [1.29, 1.82) is 0 Å². The van der Waals surface area contributed by atoms with Gasteiger partial charge in [-0.15, -0.1) is 11.8 Å². The first-order chi connectivity index (χ1) is 10.8. The number of anilines is 1. The highest BCUT2D eigenvalue weighted by Crippen LogP contribution is 2.37. The molecule has 0 radical (unpaired) electrons. The zero-order valence-corrected chi connectivity index (χ0v) is 12.6. The molecule has 1 aliphatic heterocycles. The first-order valence-electron chi connectivity index (χ1n) is 7.19. The molecule has 0 aliphatic carbocycles. The molecule has 1 amide bonds. The molecule has 1 N–H and O–H groups in total. The summed E-state index contributed by atoms with van der Waals surface area (Å²) in [6, 6.07) is 16.0. The van der Waals surface area contributed by atoms with Gasteiger partial charge in [-0.3, -0.25) is 9.78 Å². The van der Waals surface area contributed by atoms with E-state index in [2.05, 4.69) is 22.4 Å². The average molecular weight is 306 g/mol. The topological polar surface area (TPSA) is 42.0 Å². The van der Waals surface area contributed by atoms with Crippen molar-refractivity contribution in [2.45, 2.75) is 16.6 Å². The standard InChI is InChI=1S/C18H14N2OS/c21-18(17-10-12-4-1-2-7-16(12)22-17)20-15-6-3-5-13-11-19-9-8-14(13)15/h1-9,11,17H,10H2,(H,20,21)/t17-/m0/s1. The maximum Gasteiger partial charge on any atom is 0.238 e. The van der Waals surface area contributed by atoms with E-state index in [9.17, 15) is 4.79 Å². The Labute approximate surface area is 132 Å². The summed E-state index contributed by atoms with van der Waals surface area (Å²) in [4.78, 5) is 17.9. The van der Waals surface area contributed by atoms with Gasteiger partial charge in [0.15, 0.2) is 0 Å². The number of thioether (sulfide) groups is 1. The van der Waals surface area contributed by atoms with Crippen LogP contribution in [0.15, 0.2) is 65.8 Å². The molecule has 0 saturated heterocycles. The molecule has 0 saturated carbocycles. The smallest absolute Gasteiger partial charge is 0.238 e. The second-order valence-electron chi connectivity index (χ2n) is 5.31. The van der Waals surface area contributed by atoms with Crippen LogP contribution in [0.5, 0.6) is 0 Å². The van der Waals surface area contributed by atoms with E-state index in [1.807, 2.05) is 42.6 Å². The van der Waals surface area contributed by atoms with Gasteiger partial charge in [-0.05, 0) is 30.2 Å². The van der Waals surface area contributed by atoms with Crippen LogP contribution in [0.1, 0.15) is 5.56 Å². The van der Waals surface area contributed by atoms with Crippen LogP contribution in [0.4, 0.5) is 5.69 Å². The lowest BCUT2D eigenvalue weighted by Crippen LogP contribution is -2.24. The van der Waals surface area contributed by atoms with Crippen LogP contribution in [0.2, 0.25) is 0 Å². The van der Waals surface area contributed by atoms with E-state index < -0.39 is 0 Å². The van der Waals surface area contributed by atoms with E-state index in [0.717, 1.165) is 22.9 Å². The van der Waals surface area contributed by atoms with Gasteiger partial charge < -0.3 is 5.32 Å². The number of benzene rings is 2. The summed E-state index contributed by atoms with van der Waals surface area (Å²) in [5.41, 5.74) is 2.11. The van der Waals surface area contributed by atoms with Crippen molar-refractivity contribution in [2.75, 3.05) is 5.32 Å². The predicted molar refractivity (Wildman–Crippen MR) is 90.2 cm³/mol. The lowest BCUT2D eigenvalue weighted by Gasteiger charge is -2.12. The molecule has 2 heterocycles. The molecular weight excluding hydrogens is 292 g/mol. The van der Waals surface area contributed by atoms with Gasteiger partial charge in [-0.25, -0.2) is 0 Å². The number of nitrogens with zero attached hydrogens (tertiary/aromatic N) is 1. The molecule has 2 aromatic carbocycles. The van der Waals surface area contributed by atoms with E-state index >= 15 is 0 Å². The van der Waals surface area contributed by atoms with E-state index in [1.165, 1.54) is 10.5 Å². The first-order valence-corrected chi connectivity index (χ1v) is 8.07. The Balaban J connectivity index is 1.58. The third kappa shape index (κ3) is 2.35. The molecule has 22 heavy (non-hydrogen) atoms. The highest BCUT2D eigenvalue weighted by Gasteiger charge is 2.28. The lowest BCUT2D eigenvalue weighted by molar-refractivity contribution is -0.115. The number of aromatic nitrogens is 1. The van der Waals surface area contributed by atoms with Gasteiger partial charge >= 0.3 is 0 Å². The zero-order valence-electron chi connectivity index (χ0n) is 11.8. The number of fused-ring (bicyclic) bond motifs is 2. The molecule has 108 valence electrons. The number of pyridine rings is 1. The number of amides is 1. The monoisotopic (exact) mass is 306 g/mol. The van der Waals surface area contributed by atoms with Crippen LogP contribution in [-0.2, 0) is 11.2 Å². The van der Waals surface area contributed by atoms with Crippen molar-refractivity contribution in [3.63, 3.8) is 0 Å². The van der Waals surface area contributed by atoms with Crippen molar-refractivity contribution in [2.24, 2.45) is 0 Å². The van der Waals surface area contributed by atoms with E-state index in [-0.39, 0.29) is 11.2 Å². The maximum atomic E-state index is 12.6. The Hall–Kier alpha value is -2.33. The summed E-state index contributed by atoms with van der Waals surface area (Å²) in [5.74, 6) is 0.0607. The third-order valence-electron chi connectivity index (χ3n) is 3.88. The molecule has 3 nitrogen and oxygen atoms in total. The SMILES string of the molecule is O=C(Nc1cccc2cnccc12)[C@@H]1Cc2ccccc2S1. The van der Waals surface area contributed by atoms with E-state index in [4.69, 9.17) is 0 Å². The fourth-order valence-corrected chi connectivity index (χ4v) is 3.97. The van der Waals surface area contributed by atoms with Crippen molar-refractivity contribution in [3.8, 4) is 0 Å². The fraction of sp³-hybridized carbons (Fsp3) is 0.111. The number of carbonyl (C=O) groups is 1. The Bertz CT molecular complexity index is 832. The van der Waals surface area contributed by atoms with Crippen LogP contribution >= 0.6 is 11.8 Å². The quantitative estimate of drug-likeness (QED) is 0.781. The van der Waals surface area contributed by atoms with Gasteiger partial charge in [-0.2, -0.15) is 0 Å². The molecule has 0 fully saturated rings. The second kappa shape index (κ2) is 5.46. The van der Waals surface area contributed by atoms with Gasteiger partial charge in [0.05, 0.1) is 5.25 Å². The largest absolute Gasteiger partial charge is 0.325 e. The van der Waals surface area contributed by atoms with Crippen molar-refractivity contribution >= 4 is 34.1 Å². The normalized spacial score (nSPS) is 16.5. The molecule has 0 spiro atoms. The molecule has 1 aliphatic rings. The Morgan fingerprint density at radius 1 is 1.14 bits per heavy atom. The Morgan fingerprint density at radius 2 is 2.05 bits per heavy atom. The van der Waals surface area contributed by atoms with Crippen LogP contribution in [-0.4, -0.2) is 16.1 Å². The molecule has 4 rings (SSSR count). The minimum Gasteiger partial charge on any atom is -0.325 e. The van der Waals surface area contributed by atoms with Crippen molar-refractivity contribution in [1.82, 2.24) is 4.98 Å². The van der Waals surface area contributed by atoms with Gasteiger partial charge in [0.1, 0.15) is 0 Å². The summed E-state index contributed by atoms with van der Waals surface area (Å²) in [6.45, 7) is 0. The molecular formula is C18H14N2OS. The van der Waals surface area contributed by atoms with Crippen LogP contribution in [0, 0.1) is 0 Å². The van der Waals surface area contributed by atoms with Crippen LogP contribution < -0.4 is 5.32 Å². The van der Waals surface area contributed by atoms with Crippen molar-refractivity contribution < 1.29 is 4.79 Å². The molecule has 4 heteroatoms. The number of nitrogens with one attached hydrogen (secondary N) is 1. The van der Waals surface area contributed by atoms with Crippen LogP contribution in [0.3, 0.4) is 0 Å². The highest BCUT2D eigenvalue weighted by atomic mass is 32.2. The molecule has 3 aromatic rings. The van der Waals surface area contributed by atoms with Crippen molar-refractivity contribution in [3.05, 3.63) is 66.5 Å². The molecule has 1 atom stereocenters. The molecule has 1 aromatic heterocycles. The average Bonchev–Trinajstić information content (AvgIpc) is 2.99. The summed E-state index contributed by atoms with van der Waals surface area (Å²) >= 11 is 1.64. The second-order valence-corrected chi connectivity index (χ2v) is 6.55. The molecule has 0 bridgehead atoms.